The molecule has 0 radical (unpaired) electrons. The van der Waals surface area contributed by atoms with E-state index in [2.05, 4.69) is 37.5 Å². The maximum Gasteiger partial charge on any atom is 0.528 e. The van der Waals surface area contributed by atoms with Crippen molar-refractivity contribution in [2.24, 2.45) is 23.5 Å². The van der Waals surface area contributed by atoms with Gasteiger partial charge in [0.05, 0.1) is 40.6 Å². The number of hydrogen-bond acceptors (Lipinski definition) is 9. The average Bonchev–Trinajstić information content (AvgIpc) is 3.68. The van der Waals surface area contributed by atoms with E-state index in [0.29, 0.717) is 40.8 Å². The number of imidazole rings is 1. The minimum absolute atomic E-state index is 0.143. The standard InChI is InChI=1S/C27H33ClN8O4/c1-27(2,3)39-26(38)40-35-8-6-17(7-9-35)36-13-16(11-31-36)24-33-22-21(18(28)12-30-25(22)34-24)32-20-15-5-4-14(10-15)19(20)23(29)37/h4-5,11-15,17,19-20H,6-10H2,1-3H3,(H2,29,37)(H2,30,32,33,34)/t14-,15+,19+,20-/m1/s1. The molecule has 3 aromatic rings. The number of hydrogen-bond donors (Lipinski definition) is 3. The monoisotopic (exact) mass is 568 g/mol. The van der Waals surface area contributed by atoms with Crippen LogP contribution < -0.4 is 11.1 Å². The molecule has 1 saturated heterocycles. The molecule has 12 nitrogen and oxygen atoms in total. The number of nitrogens with one attached hydrogen (secondary N) is 2. The zero-order valence-electron chi connectivity index (χ0n) is 22.6. The summed E-state index contributed by atoms with van der Waals surface area (Å²) in [6, 6.07) is 0.00764. The summed E-state index contributed by atoms with van der Waals surface area (Å²) in [5.74, 6) is 0.369. The van der Waals surface area contributed by atoms with Crippen LogP contribution in [-0.2, 0) is 14.4 Å². The summed E-state index contributed by atoms with van der Waals surface area (Å²) in [6.45, 7) is 6.55. The quantitative estimate of drug-likeness (QED) is 0.295. The maximum absolute atomic E-state index is 12.2. The average molecular weight is 569 g/mol. The number of allylic oxidation sites excluding steroid dienone is 1. The minimum Gasteiger partial charge on any atom is -0.427 e. The SMILES string of the molecule is CC(C)(C)OC(=O)ON1CCC(n2cc(-c3nc4ncc(Cl)c(N[C@H]5[C@@H](C(N)=O)[C@@H]6C=C[C@H]5C6)c4[nH]3)cn2)CC1. The van der Waals surface area contributed by atoms with Gasteiger partial charge in [-0.2, -0.15) is 5.10 Å². The number of carbonyl (C=O) groups excluding carboxylic acids is 2. The van der Waals surface area contributed by atoms with Crippen molar-refractivity contribution < 1.29 is 19.2 Å². The van der Waals surface area contributed by atoms with E-state index in [4.69, 9.17) is 26.9 Å². The normalized spacial score (nSPS) is 25.0. The van der Waals surface area contributed by atoms with Gasteiger partial charge in [-0.05, 0) is 51.9 Å². The number of nitrogens with zero attached hydrogens (tertiary/aromatic N) is 5. The van der Waals surface area contributed by atoms with Gasteiger partial charge < -0.3 is 25.6 Å². The second kappa shape index (κ2) is 10.1. The van der Waals surface area contributed by atoms with Crippen LogP contribution in [-0.4, -0.2) is 66.6 Å². The predicted molar refractivity (Wildman–Crippen MR) is 148 cm³/mol. The Morgan fingerprint density at radius 1 is 1.18 bits per heavy atom. The van der Waals surface area contributed by atoms with Crippen LogP contribution in [0.1, 0.15) is 46.1 Å². The Morgan fingerprint density at radius 2 is 1.93 bits per heavy atom. The molecule has 3 aliphatic rings. The van der Waals surface area contributed by atoms with Crippen molar-refractivity contribution in [2.45, 2.75) is 57.7 Å². The Balaban J connectivity index is 1.16. The first-order valence-electron chi connectivity index (χ1n) is 13.5. The second-order valence-electron chi connectivity index (χ2n) is 11.7. The van der Waals surface area contributed by atoms with Crippen molar-refractivity contribution in [1.82, 2.24) is 29.8 Å². The summed E-state index contributed by atoms with van der Waals surface area (Å²) < 4.78 is 7.16. The van der Waals surface area contributed by atoms with E-state index in [0.717, 1.165) is 24.8 Å². The number of piperidine rings is 1. The highest BCUT2D eigenvalue weighted by Crippen LogP contribution is 2.46. The summed E-state index contributed by atoms with van der Waals surface area (Å²) in [6.07, 6.45) is 11.2. The number of rotatable bonds is 6. The van der Waals surface area contributed by atoms with Crippen LogP contribution in [0, 0.1) is 17.8 Å². The fourth-order valence-corrected chi connectivity index (χ4v) is 6.21. The summed E-state index contributed by atoms with van der Waals surface area (Å²) in [4.78, 5) is 42.0. The largest absolute Gasteiger partial charge is 0.528 e. The number of nitrogens with two attached hydrogens (primary N) is 1. The number of fused-ring (bicyclic) bond motifs is 3. The molecule has 212 valence electrons. The molecule has 0 aromatic carbocycles. The summed E-state index contributed by atoms with van der Waals surface area (Å²) in [7, 11) is 0. The van der Waals surface area contributed by atoms with Crippen molar-refractivity contribution in [3.8, 4) is 11.4 Å². The highest BCUT2D eigenvalue weighted by atomic mass is 35.5. The zero-order chi connectivity index (χ0) is 28.2. The van der Waals surface area contributed by atoms with Crippen LogP contribution in [0.5, 0.6) is 0 Å². The van der Waals surface area contributed by atoms with Gasteiger partial charge in [0.2, 0.25) is 5.91 Å². The fourth-order valence-electron chi connectivity index (χ4n) is 6.02. The van der Waals surface area contributed by atoms with Crippen molar-refractivity contribution in [3.63, 3.8) is 0 Å². The van der Waals surface area contributed by atoms with E-state index in [-0.39, 0.29) is 35.7 Å². The Bertz CT molecular complexity index is 1470. The molecule has 4 N–H and O–H groups in total. The number of halogens is 1. The molecule has 2 bridgehead atoms. The minimum atomic E-state index is -0.693. The van der Waals surface area contributed by atoms with E-state index in [9.17, 15) is 9.59 Å². The first kappa shape index (κ1) is 26.6. The van der Waals surface area contributed by atoms with Gasteiger partial charge in [-0.25, -0.2) is 14.8 Å². The van der Waals surface area contributed by atoms with Gasteiger partial charge in [-0.3, -0.25) is 9.48 Å². The molecule has 0 spiro atoms. The highest BCUT2D eigenvalue weighted by molar-refractivity contribution is 6.34. The van der Waals surface area contributed by atoms with Crippen molar-refractivity contribution in [1.29, 1.82) is 0 Å². The molecule has 2 aliphatic carbocycles. The third-order valence-corrected chi connectivity index (χ3v) is 8.12. The molecule has 3 aromatic heterocycles. The summed E-state index contributed by atoms with van der Waals surface area (Å²) >= 11 is 6.58. The number of primary amides is 1. The molecular weight excluding hydrogens is 536 g/mol. The molecule has 2 fully saturated rings. The Kier molecular flexibility index (Phi) is 6.70. The number of pyridine rings is 1. The number of anilines is 1. The number of aromatic nitrogens is 5. The van der Waals surface area contributed by atoms with E-state index in [1.807, 2.05) is 10.9 Å². The molecule has 4 atom stereocenters. The third-order valence-electron chi connectivity index (χ3n) is 7.84. The maximum atomic E-state index is 12.2. The number of H-pyrrole nitrogens is 1. The lowest BCUT2D eigenvalue weighted by Gasteiger charge is -2.31. The lowest BCUT2D eigenvalue weighted by Crippen LogP contribution is -2.41. The topological polar surface area (TPSA) is 153 Å². The third kappa shape index (κ3) is 5.13. The predicted octanol–water partition coefficient (Wildman–Crippen LogP) is 4.07. The number of hydroxylamine groups is 2. The van der Waals surface area contributed by atoms with Crippen molar-refractivity contribution >= 4 is 40.5 Å². The van der Waals surface area contributed by atoms with Crippen LogP contribution in [0.2, 0.25) is 5.02 Å². The number of carbonyl (C=O) groups is 2. The highest BCUT2D eigenvalue weighted by Gasteiger charge is 2.47. The number of amides is 1. The van der Waals surface area contributed by atoms with Gasteiger partial charge in [0, 0.05) is 25.3 Å². The Labute approximate surface area is 236 Å². The van der Waals surface area contributed by atoms with Gasteiger partial charge >= 0.3 is 6.16 Å². The van der Waals surface area contributed by atoms with Crippen LogP contribution >= 0.6 is 11.6 Å². The smallest absolute Gasteiger partial charge is 0.427 e. The van der Waals surface area contributed by atoms with Gasteiger partial charge in [-0.15, -0.1) is 5.06 Å². The van der Waals surface area contributed by atoms with Crippen LogP contribution in [0.3, 0.4) is 0 Å². The second-order valence-corrected chi connectivity index (χ2v) is 12.1. The lowest BCUT2D eigenvalue weighted by atomic mass is 9.88. The van der Waals surface area contributed by atoms with E-state index < -0.39 is 11.8 Å². The number of ether oxygens (including phenoxy) is 1. The van der Waals surface area contributed by atoms with Crippen molar-refractivity contribution in [3.05, 3.63) is 35.8 Å². The molecule has 13 heteroatoms. The molecular formula is C27H33ClN8O4. The molecule has 6 rings (SSSR count). The molecule has 1 amide bonds. The zero-order valence-corrected chi connectivity index (χ0v) is 23.4. The summed E-state index contributed by atoms with van der Waals surface area (Å²) in [5, 5.41) is 10.2. The van der Waals surface area contributed by atoms with Gasteiger partial charge in [0.15, 0.2) is 5.65 Å². The van der Waals surface area contributed by atoms with E-state index in [1.165, 1.54) is 0 Å². The summed E-state index contributed by atoms with van der Waals surface area (Å²) in [5.41, 5.74) is 7.80. The van der Waals surface area contributed by atoms with E-state index >= 15 is 0 Å². The van der Waals surface area contributed by atoms with Crippen LogP contribution in [0.4, 0.5) is 10.5 Å². The van der Waals surface area contributed by atoms with Gasteiger partial charge in [0.1, 0.15) is 16.9 Å². The van der Waals surface area contributed by atoms with Gasteiger partial charge in [0.25, 0.3) is 0 Å². The van der Waals surface area contributed by atoms with Gasteiger partial charge in [-0.1, -0.05) is 23.8 Å². The first-order chi connectivity index (χ1) is 19.1. The molecule has 40 heavy (non-hydrogen) atoms. The molecule has 1 saturated carbocycles. The fraction of sp³-hybridized carbons (Fsp3) is 0.519. The van der Waals surface area contributed by atoms with E-state index in [1.54, 1.807) is 38.2 Å². The molecule has 1 aliphatic heterocycles. The van der Waals surface area contributed by atoms with Crippen molar-refractivity contribution in [2.75, 3.05) is 18.4 Å². The van der Waals surface area contributed by atoms with Crippen LogP contribution in [0.15, 0.2) is 30.7 Å². The van der Waals surface area contributed by atoms with Crippen LogP contribution in [0.25, 0.3) is 22.6 Å². The Hall–Kier alpha value is -3.64. The molecule has 0 unspecified atom stereocenters. The lowest BCUT2D eigenvalue weighted by molar-refractivity contribution is -0.154. The number of aromatic amines is 1. The Morgan fingerprint density at radius 3 is 2.65 bits per heavy atom. The first-order valence-corrected chi connectivity index (χ1v) is 13.9. The molecule has 4 heterocycles.